The van der Waals surface area contributed by atoms with E-state index in [9.17, 15) is 0 Å². The molecule has 0 radical (unpaired) electrons. The first-order valence-electron chi connectivity index (χ1n) is 7.06. The Labute approximate surface area is 119 Å². The van der Waals surface area contributed by atoms with Gasteiger partial charge in [0.05, 0.1) is 11.7 Å². The molecule has 2 heteroatoms. The number of allylic oxidation sites excluding steroid dienone is 2. The zero-order valence-corrected chi connectivity index (χ0v) is 13.5. The van der Waals surface area contributed by atoms with Crippen LogP contribution < -0.4 is 0 Å². The second kappa shape index (κ2) is 8.73. The molecule has 0 fully saturated rings. The monoisotopic (exact) mass is 262 g/mol. The standard InChI is InChI=1S/C17H30N2/c1-9-11-14(5)17(19(8)12-13(3)4)16(7)18-15(6)10-2/h10,12,14,17H,2,7,9,11H2,1,3-6,8H3/b18-15+. The Morgan fingerprint density at radius 1 is 1.32 bits per heavy atom. The van der Waals surface area contributed by atoms with Crippen LogP contribution in [-0.4, -0.2) is 23.7 Å². The molecule has 0 N–H and O–H groups in total. The van der Waals surface area contributed by atoms with Gasteiger partial charge in [-0.1, -0.05) is 39.0 Å². The number of aliphatic imine (C=N–C) groups is 1. The lowest BCUT2D eigenvalue weighted by atomic mass is 9.93. The Bertz CT molecular complexity index is 359. The fourth-order valence-electron chi connectivity index (χ4n) is 2.40. The Hall–Kier alpha value is -1.31. The Balaban J connectivity index is 5.21. The van der Waals surface area contributed by atoms with Crippen molar-refractivity contribution in [1.29, 1.82) is 0 Å². The van der Waals surface area contributed by atoms with Crippen LogP contribution in [0.1, 0.15) is 47.5 Å². The average molecular weight is 262 g/mol. The van der Waals surface area contributed by atoms with Crippen molar-refractivity contribution in [3.63, 3.8) is 0 Å². The third-order valence-corrected chi connectivity index (χ3v) is 3.14. The maximum Gasteiger partial charge on any atom is 0.0724 e. The van der Waals surface area contributed by atoms with E-state index in [1.54, 1.807) is 6.08 Å². The maximum atomic E-state index is 4.56. The van der Waals surface area contributed by atoms with Crippen LogP contribution in [0.25, 0.3) is 0 Å². The van der Waals surface area contributed by atoms with Crippen LogP contribution in [0.3, 0.4) is 0 Å². The van der Waals surface area contributed by atoms with Gasteiger partial charge in [0, 0.05) is 12.8 Å². The van der Waals surface area contributed by atoms with Crippen molar-refractivity contribution in [2.45, 2.75) is 53.5 Å². The van der Waals surface area contributed by atoms with Gasteiger partial charge in [-0.2, -0.15) is 0 Å². The first-order chi connectivity index (χ1) is 8.83. The highest BCUT2D eigenvalue weighted by atomic mass is 15.1. The predicted octanol–water partition coefficient (Wildman–Crippen LogP) is 4.81. The lowest BCUT2D eigenvalue weighted by Crippen LogP contribution is -2.34. The molecule has 0 amide bonds. The molecule has 2 unspecified atom stereocenters. The van der Waals surface area contributed by atoms with Crippen molar-refractivity contribution in [3.8, 4) is 0 Å². The van der Waals surface area contributed by atoms with Gasteiger partial charge >= 0.3 is 0 Å². The molecule has 0 spiro atoms. The van der Waals surface area contributed by atoms with E-state index in [0.29, 0.717) is 5.92 Å². The quantitative estimate of drug-likeness (QED) is 0.573. The van der Waals surface area contributed by atoms with E-state index in [-0.39, 0.29) is 6.04 Å². The van der Waals surface area contributed by atoms with Gasteiger partial charge in [-0.15, -0.1) is 0 Å². The minimum Gasteiger partial charge on any atom is -0.372 e. The topological polar surface area (TPSA) is 15.6 Å². The highest BCUT2D eigenvalue weighted by molar-refractivity contribution is 5.92. The third kappa shape index (κ3) is 6.42. The number of nitrogens with zero attached hydrogens (tertiary/aromatic N) is 2. The van der Waals surface area contributed by atoms with E-state index in [2.05, 4.69) is 64.0 Å². The molecule has 0 aliphatic heterocycles. The van der Waals surface area contributed by atoms with Gasteiger partial charge in [0.2, 0.25) is 0 Å². The Morgan fingerprint density at radius 3 is 2.32 bits per heavy atom. The lowest BCUT2D eigenvalue weighted by Gasteiger charge is -2.32. The van der Waals surface area contributed by atoms with Crippen molar-refractivity contribution in [2.75, 3.05) is 7.05 Å². The average Bonchev–Trinajstić information content (AvgIpc) is 2.28. The lowest BCUT2D eigenvalue weighted by molar-refractivity contribution is 0.268. The van der Waals surface area contributed by atoms with Gasteiger partial charge in [0.1, 0.15) is 0 Å². The molecule has 0 saturated carbocycles. The summed E-state index contributed by atoms with van der Waals surface area (Å²) in [6.07, 6.45) is 6.29. The molecule has 0 saturated heterocycles. The summed E-state index contributed by atoms with van der Waals surface area (Å²) in [5.74, 6) is 0.527. The zero-order valence-electron chi connectivity index (χ0n) is 13.5. The number of hydrogen-bond acceptors (Lipinski definition) is 2. The van der Waals surface area contributed by atoms with Gasteiger partial charge < -0.3 is 4.90 Å². The molecule has 0 heterocycles. The Morgan fingerprint density at radius 2 is 1.89 bits per heavy atom. The SMILES string of the molecule is C=C/C(C)=N/C(=C)C(C(C)CCC)N(C)C=C(C)C. The minimum atomic E-state index is 0.241. The van der Waals surface area contributed by atoms with Gasteiger partial charge in [-0.05, 0) is 45.4 Å². The largest absolute Gasteiger partial charge is 0.372 e. The maximum absolute atomic E-state index is 4.56. The summed E-state index contributed by atoms with van der Waals surface area (Å²) in [5.41, 5.74) is 3.12. The summed E-state index contributed by atoms with van der Waals surface area (Å²) in [5, 5.41) is 0. The smallest absolute Gasteiger partial charge is 0.0724 e. The second-order valence-electron chi connectivity index (χ2n) is 5.53. The van der Waals surface area contributed by atoms with Crippen LogP contribution in [-0.2, 0) is 0 Å². The molecule has 108 valence electrons. The minimum absolute atomic E-state index is 0.241. The summed E-state index contributed by atoms with van der Waals surface area (Å²) in [7, 11) is 2.10. The molecule has 0 aromatic heterocycles. The van der Waals surface area contributed by atoms with E-state index in [4.69, 9.17) is 0 Å². The van der Waals surface area contributed by atoms with Gasteiger partial charge in [0.25, 0.3) is 0 Å². The van der Waals surface area contributed by atoms with Gasteiger partial charge in [-0.3, -0.25) is 4.99 Å². The molecule has 0 aromatic carbocycles. The highest BCUT2D eigenvalue weighted by Crippen LogP contribution is 2.23. The van der Waals surface area contributed by atoms with Crippen molar-refractivity contribution < 1.29 is 0 Å². The summed E-state index contributed by atoms with van der Waals surface area (Å²) in [4.78, 5) is 6.79. The van der Waals surface area contributed by atoms with E-state index in [0.717, 1.165) is 11.4 Å². The molecular weight excluding hydrogens is 232 g/mol. The predicted molar refractivity (Wildman–Crippen MR) is 87.5 cm³/mol. The van der Waals surface area contributed by atoms with E-state index in [1.165, 1.54) is 18.4 Å². The molecule has 0 rings (SSSR count). The van der Waals surface area contributed by atoms with Gasteiger partial charge in [-0.25, -0.2) is 0 Å². The molecule has 2 atom stereocenters. The summed E-state index contributed by atoms with van der Waals surface area (Å²) in [6.45, 7) is 18.6. The Kier molecular flexibility index (Phi) is 8.13. The number of likely N-dealkylation sites (N-methyl/N-ethyl adjacent to an activating group) is 1. The van der Waals surface area contributed by atoms with Crippen LogP contribution in [0, 0.1) is 5.92 Å². The van der Waals surface area contributed by atoms with Gasteiger partial charge in [0.15, 0.2) is 0 Å². The van der Waals surface area contributed by atoms with Crippen LogP contribution in [0.4, 0.5) is 0 Å². The summed E-state index contributed by atoms with van der Waals surface area (Å²) in [6, 6.07) is 0.241. The van der Waals surface area contributed by atoms with E-state index < -0.39 is 0 Å². The van der Waals surface area contributed by atoms with Crippen LogP contribution in [0.15, 0.2) is 41.7 Å². The molecular formula is C17H30N2. The second-order valence-corrected chi connectivity index (χ2v) is 5.53. The molecule has 0 aliphatic rings. The number of hydrogen-bond donors (Lipinski definition) is 0. The van der Waals surface area contributed by atoms with E-state index in [1.807, 2.05) is 6.92 Å². The van der Waals surface area contributed by atoms with Crippen LogP contribution >= 0.6 is 0 Å². The number of rotatable bonds is 8. The van der Waals surface area contributed by atoms with Crippen LogP contribution in [0.2, 0.25) is 0 Å². The highest BCUT2D eigenvalue weighted by Gasteiger charge is 2.22. The normalized spacial score (nSPS) is 14.5. The van der Waals surface area contributed by atoms with E-state index >= 15 is 0 Å². The first kappa shape index (κ1) is 17.7. The third-order valence-electron chi connectivity index (χ3n) is 3.14. The molecule has 19 heavy (non-hydrogen) atoms. The first-order valence-corrected chi connectivity index (χ1v) is 7.06. The molecule has 2 nitrogen and oxygen atoms in total. The van der Waals surface area contributed by atoms with Crippen molar-refractivity contribution in [3.05, 3.63) is 36.7 Å². The fraction of sp³-hybridized carbons (Fsp3) is 0.588. The van der Waals surface area contributed by atoms with Crippen molar-refractivity contribution in [2.24, 2.45) is 10.9 Å². The molecule has 0 bridgehead atoms. The van der Waals surface area contributed by atoms with Crippen molar-refractivity contribution >= 4 is 5.71 Å². The molecule has 0 aliphatic carbocycles. The molecule has 0 aromatic rings. The van der Waals surface area contributed by atoms with Crippen molar-refractivity contribution in [1.82, 2.24) is 4.90 Å². The van der Waals surface area contributed by atoms with Crippen LogP contribution in [0.5, 0.6) is 0 Å². The summed E-state index contributed by atoms with van der Waals surface area (Å²) >= 11 is 0. The fourth-order valence-corrected chi connectivity index (χ4v) is 2.40. The summed E-state index contributed by atoms with van der Waals surface area (Å²) < 4.78 is 0. The zero-order chi connectivity index (χ0) is 15.0.